The van der Waals surface area contributed by atoms with Gasteiger partial charge in [0.2, 0.25) is 5.91 Å². The minimum absolute atomic E-state index is 0.0379. The molecule has 0 spiro atoms. The van der Waals surface area contributed by atoms with Crippen molar-refractivity contribution in [1.29, 1.82) is 0 Å². The van der Waals surface area contributed by atoms with Crippen LogP contribution in [-0.2, 0) is 11.3 Å². The highest BCUT2D eigenvalue weighted by molar-refractivity contribution is 6.30. The zero-order chi connectivity index (χ0) is 17.6. The molecular formula is C19H20ClN3O2. The first kappa shape index (κ1) is 17.3. The number of nitrogens with one attached hydrogen (secondary N) is 1. The van der Waals surface area contributed by atoms with Crippen LogP contribution in [0.3, 0.4) is 0 Å². The van der Waals surface area contributed by atoms with E-state index in [1.807, 2.05) is 43.3 Å². The van der Waals surface area contributed by atoms with Crippen LogP contribution in [0.25, 0.3) is 11.0 Å². The number of carbonyl (C=O) groups excluding carboxylic acids is 1. The quantitative estimate of drug-likeness (QED) is 0.703. The number of aryl methyl sites for hydroxylation is 1. The van der Waals surface area contributed by atoms with Gasteiger partial charge in [0.05, 0.1) is 24.1 Å². The van der Waals surface area contributed by atoms with Gasteiger partial charge in [-0.15, -0.1) is 0 Å². The second kappa shape index (κ2) is 8.03. The Balaban J connectivity index is 1.44. The van der Waals surface area contributed by atoms with Gasteiger partial charge in [-0.3, -0.25) is 4.79 Å². The van der Waals surface area contributed by atoms with Crippen molar-refractivity contribution >= 4 is 28.5 Å². The molecule has 3 rings (SSSR count). The molecule has 0 saturated carbocycles. The van der Waals surface area contributed by atoms with E-state index in [9.17, 15) is 4.79 Å². The van der Waals surface area contributed by atoms with Crippen molar-refractivity contribution in [3.8, 4) is 5.75 Å². The normalized spacial score (nSPS) is 10.8. The van der Waals surface area contributed by atoms with Crippen LogP contribution in [-0.4, -0.2) is 28.6 Å². The first-order valence-electron chi connectivity index (χ1n) is 8.20. The number of nitrogens with zero attached hydrogens (tertiary/aromatic N) is 2. The lowest BCUT2D eigenvalue weighted by atomic mass is 10.3. The number of amides is 1. The smallest absolute Gasteiger partial charge is 0.223 e. The molecule has 1 amide bonds. The number of hydrogen-bond acceptors (Lipinski definition) is 3. The van der Waals surface area contributed by atoms with E-state index in [0.717, 1.165) is 16.9 Å². The third-order valence-corrected chi connectivity index (χ3v) is 4.13. The van der Waals surface area contributed by atoms with Gasteiger partial charge in [-0.2, -0.15) is 0 Å². The van der Waals surface area contributed by atoms with Gasteiger partial charge in [0.15, 0.2) is 0 Å². The average molecular weight is 358 g/mol. The molecule has 0 aliphatic heterocycles. The summed E-state index contributed by atoms with van der Waals surface area (Å²) in [6.45, 7) is 3.53. The molecule has 1 aromatic heterocycles. The summed E-state index contributed by atoms with van der Waals surface area (Å²) in [6.07, 6.45) is 0.302. The van der Waals surface area contributed by atoms with Crippen LogP contribution in [0.2, 0.25) is 5.02 Å². The van der Waals surface area contributed by atoms with Crippen molar-refractivity contribution < 1.29 is 9.53 Å². The van der Waals surface area contributed by atoms with E-state index in [0.29, 0.717) is 36.9 Å². The largest absolute Gasteiger partial charge is 0.493 e. The predicted octanol–water partition coefficient (Wildman–Crippen LogP) is 3.58. The molecule has 1 N–H and O–H groups in total. The molecule has 0 fully saturated rings. The van der Waals surface area contributed by atoms with Crippen LogP contribution in [0.4, 0.5) is 0 Å². The molecule has 130 valence electrons. The van der Waals surface area contributed by atoms with Gasteiger partial charge in [0.25, 0.3) is 0 Å². The molecule has 2 aromatic carbocycles. The summed E-state index contributed by atoms with van der Waals surface area (Å²) in [5.41, 5.74) is 2.06. The lowest BCUT2D eigenvalue weighted by Gasteiger charge is -2.09. The van der Waals surface area contributed by atoms with Crippen LogP contribution >= 0.6 is 11.6 Å². The Bertz CT molecular complexity index is 876. The van der Waals surface area contributed by atoms with Gasteiger partial charge < -0.3 is 14.6 Å². The summed E-state index contributed by atoms with van der Waals surface area (Å²) in [7, 11) is 0. The molecule has 0 aliphatic carbocycles. The van der Waals surface area contributed by atoms with Gasteiger partial charge in [-0.1, -0.05) is 29.8 Å². The summed E-state index contributed by atoms with van der Waals surface area (Å²) < 4.78 is 7.64. The number of benzene rings is 2. The topological polar surface area (TPSA) is 56.2 Å². The van der Waals surface area contributed by atoms with Crippen molar-refractivity contribution in [2.75, 3.05) is 13.2 Å². The van der Waals surface area contributed by atoms with E-state index in [2.05, 4.69) is 14.9 Å². The van der Waals surface area contributed by atoms with E-state index >= 15 is 0 Å². The maximum absolute atomic E-state index is 11.9. The molecule has 0 atom stereocenters. The number of aromatic nitrogens is 2. The fourth-order valence-corrected chi connectivity index (χ4v) is 2.87. The zero-order valence-corrected chi connectivity index (χ0v) is 14.8. The minimum atomic E-state index is -0.0379. The van der Waals surface area contributed by atoms with Gasteiger partial charge in [-0.25, -0.2) is 4.98 Å². The third kappa shape index (κ3) is 4.51. The summed E-state index contributed by atoms with van der Waals surface area (Å²) in [6, 6.07) is 15.1. The Labute approximate surface area is 151 Å². The average Bonchev–Trinajstić information content (AvgIpc) is 2.91. The number of para-hydroxylation sites is 2. The molecule has 0 unspecified atom stereocenters. The standard InChI is InChI=1S/C19H20ClN3O2/c1-14-22-17-7-2-3-8-18(17)23(14)11-10-21-19(24)9-12-25-16-6-4-5-15(20)13-16/h2-8,13H,9-12H2,1H3,(H,21,24). The number of carbonyl (C=O) groups is 1. The second-order valence-electron chi connectivity index (χ2n) is 5.71. The van der Waals surface area contributed by atoms with Gasteiger partial charge >= 0.3 is 0 Å². The molecule has 0 aliphatic rings. The summed E-state index contributed by atoms with van der Waals surface area (Å²) >= 11 is 5.89. The van der Waals surface area contributed by atoms with Gasteiger partial charge in [-0.05, 0) is 37.3 Å². The van der Waals surface area contributed by atoms with Crippen LogP contribution in [0.5, 0.6) is 5.75 Å². The highest BCUT2D eigenvalue weighted by atomic mass is 35.5. The van der Waals surface area contributed by atoms with Gasteiger partial charge in [0.1, 0.15) is 11.6 Å². The van der Waals surface area contributed by atoms with Crippen LogP contribution in [0, 0.1) is 6.92 Å². The number of rotatable bonds is 7. The minimum Gasteiger partial charge on any atom is -0.493 e. The predicted molar refractivity (Wildman–Crippen MR) is 99.0 cm³/mol. The summed E-state index contributed by atoms with van der Waals surface area (Å²) in [5.74, 6) is 1.57. The number of imidazole rings is 1. The maximum atomic E-state index is 11.9. The Kier molecular flexibility index (Phi) is 5.56. The van der Waals surface area contributed by atoms with Crippen molar-refractivity contribution in [2.24, 2.45) is 0 Å². The molecule has 0 saturated heterocycles. The fourth-order valence-electron chi connectivity index (χ4n) is 2.69. The Morgan fingerprint density at radius 2 is 2.08 bits per heavy atom. The monoisotopic (exact) mass is 357 g/mol. The van der Waals surface area contributed by atoms with Gasteiger partial charge in [0, 0.05) is 18.1 Å². The summed E-state index contributed by atoms with van der Waals surface area (Å²) in [4.78, 5) is 16.5. The first-order chi connectivity index (χ1) is 12.1. The molecule has 0 radical (unpaired) electrons. The lowest BCUT2D eigenvalue weighted by Crippen LogP contribution is -2.28. The molecule has 3 aromatic rings. The molecule has 5 nitrogen and oxygen atoms in total. The van der Waals surface area contributed by atoms with Crippen molar-refractivity contribution in [3.63, 3.8) is 0 Å². The third-order valence-electron chi connectivity index (χ3n) is 3.90. The van der Waals surface area contributed by atoms with Crippen molar-refractivity contribution in [1.82, 2.24) is 14.9 Å². The molecule has 1 heterocycles. The SMILES string of the molecule is Cc1nc2ccccc2n1CCNC(=O)CCOc1cccc(Cl)c1. The Morgan fingerprint density at radius 1 is 1.24 bits per heavy atom. The summed E-state index contributed by atoms with van der Waals surface area (Å²) in [5, 5.41) is 3.53. The lowest BCUT2D eigenvalue weighted by molar-refractivity contribution is -0.121. The number of halogens is 1. The number of fused-ring (bicyclic) bond motifs is 1. The maximum Gasteiger partial charge on any atom is 0.223 e. The van der Waals surface area contributed by atoms with E-state index < -0.39 is 0 Å². The van der Waals surface area contributed by atoms with Crippen molar-refractivity contribution in [2.45, 2.75) is 19.9 Å². The van der Waals surface area contributed by atoms with Crippen LogP contribution < -0.4 is 10.1 Å². The van der Waals surface area contributed by atoms with E-state index in [-0.39, 0.29) is 5.91 Å². The Hall–Kier alpha value is -2.53. The Morgan fingerprint density at radius 3 is 2.92 bits per heavy atom. The van der Waals surface area contributed by atoms with E-state index in [4.69, 9.17) is 16.3 Å². The molecule has 6 heteroatoms. The molecule has 25 heavy (non-hydrogen) atoms. The van der Waals surface area contributed by atoms with Crippen LogP contribution in [0.1, 0.15) is 12.2 Å². The number of hydrogen-bond donors (Lipinski definition) is 1. The zero-order valence-electron chi connectivity index (χ0n) is 14.0. The first-order valence-corrected chi connectivity index (χ1v) is 8.58. The highest BCUT2D eigenvalue weighted by Crippen LogP contribution is 2.17. The van der Waals surface area contributed by atoms with Crippen LogP contribution in [0.15, 0.2) is 48.5 Å². The highest BCUT2D eigenvalue weighted by Gasteiger charge is 2.07. The second-order valence-corrected chi connectivity index (χ2v) is 6.14. The fraction of sp³-hybridized carbons (Fsp3) is 0.263. The van der Waals surface area contributed by atoms with Crippen molar-refractivity contribution in [3.05, 3.63) is 59.4 Å². The molecule has 0 bridgehead atoms. The molecular weight excluding hydrogens is 338 g/mol. The van der Waals surface area contributed by atoms with E-state index in [1.54, 1.807) is 12.1 Å². The van der Waals surface area contributed by atoms with E-state index in [1.165, 1.54) is 0 Å². The number of ether oxygens (including phenoxy) is 1.